The Morgan fingerprint density at radius 2 is 2.24 bits per heavy atom. The Labute approximate surface area is 108 Å². The van der Waals surface area contributed by atoms with Crippen LogP contribution in [0.5, 0.6) is 0 Å². The minimum atomic E-state index is 0.842. The van der Waals surface area contributed by atoms with Gasteiger partial charge in [-0.25, -0.2) is 0 Å². The highest BCUT2D eigenvalue weighted by atomic mass is 32.1. The third-order valence-corrected chi connectivity index (χ3v) is 4.53. The lowest BCUT2D eigenvalue weighted by molar-refractivity contribution is 0.103. The second-order valence-electron chi connectivity index (χ2n) is 4.93. The van der Waals surface area contributed by atoms with Crippen molar-refractivity contribution in [1.82, 2.24) is 5.32 Å². The highest BCUT2D eigenvalue weighted by Gasteiger charge is 2.14. The number of thiophene rings is 1. The molecular weight excluding hydrogens is 230 g/mol. The van der Waals surface area contributed by atoms with E-state index < -0.39 is 0 Å². The number of hydrogen-bond donors (Lipinski definition) is 1. The van der Waals surface area contributed by atoms with Crippen molar-refractivity contribution in [2.24, 2.45) is 5.92 Å². The fourth-order valence-electron chi connectivity index (χ4n) is 2.36. The molecule has 1 fully saturated rings. The van der Waals surface area contributed by atoms with Crippen molar-refractivity contribution in [1.29, 1.82) is 0 Å². The maximum Gasteiger partial charge on any atom is 0.0591 e. The molecule has 1 aliphatic carbocycles. The van der Waals surface area contributed by atoms with Crippen molar-refractivity contribution in [3.63, 3.8) is 0 Å². The SMILES string of the molecule is Cc1ccsc1CNCCOCC1CCCC1. The molecule has 0 aromatic carbocycles. The zero-order valence-electron chi connectivity index (χ0n) is 10.7. The van der Waals surface area contributed by atoms with E-state index in [1.54, 1.807) is 0 Å². The zero-order valence-corrected chi connectivity index (χ0v) is 11.5. The third kappa shape index (κ3) is 4.41. The fourth-order valence-corrected chi connectivity index (χ4v) is 3.23. The normalized spacial score (nSPS) is 16.8. The van der Waals surface area contributed by atoms with Crippen molar-refractivity contribution in [2.45, 2.75) is 39.2 Å². The van der Waals surface area contributed by atoms with Gasteiger partial charge >= 0.3 is 0 Å². The number of ether oxygens (including phenoxy) is 1. The van der Waals surface area contributed by atoms with Gasteiger partial charge in [0.05, 0.1) is 6.61 Å². The molecule has 0 aliphatic heterocycles. The number of nitrogens with one attached hydrogen (secondary N) is 1. The van der Waals surface area contributed by atoms with Crippen LogP contribution in [0.1, 0.15) is 36.1 Å². The first-order chi connectivity index (χ1) is 8.36. The molecule has 1 saturated carbocycles. The first-order valence-corrected chi connectivity index (χ1v) is 7.55. The molecule has 0 unspecified atom stereocenters. The average Bonchev–Trinajstić information content (AvgIpc) is 2.95. The molecule has 3 heteroatoms. The minimum Gasteiger partial charge on any atom is -0.380 e. The summed E-state index contributed by atoms with van der Waals surface area (Å²) in [5, 5.41) is 5.60. The van der Waals surface area contributed by atoms with Gasteiger partial charge in [-0.2, -0.15) is 0 Å². The Morgan fingerprint density at radius 3 is 2.94 bits per heavy atom. The van der Waals surface area contributed by atoms with Gasteiger partial charge in [0, 0.05) is 24.6 Å². The molecule has 1 aromatic rings. The summed E-state index contributed by atoms with van der Waals surface area (Å²) in [5.74, 6) is 0.842. The molecule has 0 radical (unpaired) electrons. The fraction of sp³-hybridized carbons (Fsp3) is 0.714. The predicted octanol–water partition coefficient (Wildman–Crippen LogP) is 3.35. The first-order valence-electron chi connectivity index (χ1n) is 6.67. The molecular formula is C14H23NOS. The zero-order chi connectivity index (χ0) is 11.9. The van der Waals surface area contributed by atoms with Crippen LogP contribution in [-0.2, 0) is 11.3 Å². The number of aryl methyl sites for hydroxylation is 1. The van der Waals surface area contributed by atoms with Crippen molar-refractivity contribution in [3.8, 4) is 0 Å². The Morgan fingerprint density at radius 1 is 1.41 bits per heavy atom. The molecule has 1 aromatic heterocycles. The van der Waals surface area contributed by atoms with Gasteiger partial charge in [-0.05, 0) is 42.7 Å². The molecule has 17 heavy (non-hydrogen) atoms. The summed E-state index contributed by atoms with van der Waals surface area (Å²) >= 11 is 1.83. The van der Waals surface area contributed by atoms with Gasteiger partial charge in [0.1, 0.15) is 0 Å². The van der Waals surface area contributed by atoms with Crippen molar-refractivity contribution >= 4 is 11.3 Å². The summed E-state index contributed by atoms with van der Waals surface area (Å²) in [4.78, 5) is 1.45. The van der Waals surface area contributed by atoms with Crippen LogP contribution in [0.3, 0.4) is 0 Å². The maximum atomic E-state index is 5.71. The molecule has 0 bridgehead atoms. The van der Waals surface area contributed by atoms with Crippen LogP contribution < -0.4 is 5.32 Å². The molecule has 96 valence electrons. The van der Waals surface area contributed by atoms with Gasteiger partial charge in [0.15, 0.2) is 0 Å². The molecule has 2 nitrogen and oxygen atoms in total. The van der Waals surface area contributed by atoms with E-state index in [-0.39, 0.29) is 0 Å². The van der Waals surface area contributed by atoms with Gasteiger partial charge in [-0.15, -0.1) is 11.3 Å². The Hall–Kier alpha value is -0.380. The molecule has 1 N–H and O–H groups in total. The molecule has 2 rings (SSSR count). The Balaban J connectivity index is 1.47. The van der Waals surface area contributed by atoms with Crippen molar-refractivity contribution in [3.05, 3.63) is 21.9 Å². The van der Waals surface area contributed by atoms with Gasteiger partial charge in [0.2, 0.25) is 0 Å². The van der Waals surface area contributed by atoms with E-state index in [2.05, 4.69) is 23.7 Å². The van der Waals surface area contributed by atoms with Crippen LogP contribution in [0.15, 0.2) is 11.4 Å². The van der Waals surface area contributed by atoms with E-state index in [0.717, 1.165) is 32.2 Å². The minimum absolute atomic E-state index is 0.842. The monoisotopic (exact) mass is 253 g/mol. The third-order valence-electron chi connectivity index (χ3n) is 3.51. The lowest BCUT2D eigenvalue weighted by atomic mass is 10.1. The Bertz CT molecular complexity index is 318. The van der Waals surface area contributed by atoms with E-state index in [0.29, 0.717) is 0 Å². The van der Waals surface area contributed by atoms with E-state index in [1.165, 1.54) is 36.1 Å². The van der Waals surface area contributed by atoms with E-state index in [1.807, 2.05) is 11.3 Å². The highest BCUT2D eigenvalue weighted by Crippen LogP contribution is 2.24. The smallest absolute Gasteiger partial charge is 0.0591 e. The van der Waals surface area contributed by atoms with Crippen LogP contribution in [0.2, 0.25) is 0 Å². The molecule has 0 spiro atoms. The van der Waals surface area contributed by atoms with E-state index in [4.69, 9.17) is 4.74 Å². The van der Waals surface area contributed by atoms with Gasteiger partial charge in [0.25, 0.3) is 0 Å². The molecule has 0 atom stereocenters. The summed E-state index contributed by atoms with van der Waals surface area (Å²) in [5.41, 5.74) is 1.40. The lowest BCUT2D eigenvalue weighted by Gasteiger charge is -2.10. The summed E-state index contributed by atoms with van der Waals surface area (Å²) < 4.78 is 5.71. The van der Waals surface area contributed by atoms with Gasteiger partial charge in [-0.1, -0.05) is 12.8 Å². The molecule has 1 aliphatic rings. The van der Waals surface area contributed by atoms with Crippen LogP contribution in [0.25, 0.3) is 0 Å². The second-order valence-corrected chi connectivity index (χ2v) is 5.93. The molecule has 0 saturated heterocycles. The number of hydrogen-bond acceptors (Lipinski definition) is 3. The van der Waals surface area contributed by atoms with Crippen molar-refractivity contribution < 1.29 is 4.74 Å². The van der Waals surface area contributed by atoms with Crippen molar-refractivity contribution in [2.75, 3.05) is 19.8 Å². The highest BCUT2D eigenvalue weighted by molar-refractivity contribution is 7.10. The van der Waals surface area contributed by atoms with Crippen LogP contribution in [0.4, 0.5) is 0 Å². The summed E-state index contributed by atoms with van der Waals surface area (Å²) in [6.07, 6.45) is 5.57. The quantitative estimate of drug-likeness (QED) is 0.752. The number of rotatable bonds is 7. The molecule has 1 heterocycles. The first kappa shape index (κ1) is 13.1. The van der Waals surface area contributed by atoms with E-state index in [9.17, 15) is 0 Å². The lowest BCUT2D eigenvalue weighted by Crippen LogP contribution is -2.20. The molecule has 0 amide bonds. The average molecular weight is 253 g/mol. The Kier molecular flexibility index (Phi) is 5.49. The van der Waals surface area contributed by atoms with Gasteiger partial charge < -0.3 is 10.1 Å². The summed E-state index contributed by atoms with van der Waals surface area (Å²) in [6, 6.07) is 2.18. The largest absolute Gasteiger partial charge is 0.380 e. The summed E-state index contributed by atoms with van der Waals surface area (Å²) in [6.45, 7) is 5.94. The van der Waals surface area contributed by atoms with Crippen LogP contribution in [-0.4, -0.2) is 19.8 Å². The van der Waals surface area contributed by atoms with Crippen LogP contribution in [0, 0.1) is 12.8 Å². The topological polar surface area (TPSA) is 21.3 Å². The van der Waals surface area contributed by atoms with E-state index >= 15 is 0 Å². The second kappa shape index (κ2) is 7.14. The maximum absolute atomic E-state index is 5.71. The van der Waals surface area contributed by atoms with Gasteiger partial charge in [-0.3, -0.25) is 0 Å². The summed E-state index contributed by atoms with van der Waals surface area (Å²) in [7, 11) is 0. The van der Waals surface area contributed by atoms with Crippen LogP contribution >= 0.6 is 11.3 Å². The predicted molar refractivity (Wildman–Crippen MR) is 73.5 cm³/mol. The standard InChI is InChI=1S/C14H23NOS/c1-12-6-9-17-14(12)10-15-7-8-16-11-13-4-2-3-5-13/h6,9,13,15H,2-5,7-8,10-11H2,1H3.